The highest BCUT2D eigenvalue weighted by molar-refractivity contribution is 6.31. The molecule has 4 heteroatoms. The second-order valence-electron chi connectivity index (χ2n) is 5.40. The van der Waals surface area contributed by atoms with Gasteiger partial charge in [0.25, 0.3) is 0 Å². The summed E-state index contributed by atoms with van der Waals surface area (Å²) in [4.78, 5) is 4.55. The summed E-state index contributed by atoms with van der Waals surface area (Å²) in [6, 6.07) is 11.3. The molecule has 0 amide bonds. The van der Waals surface area contributed by atoms with Crippen LogP contribution in [0.1, 0.15) is 44.2 Å². The third kappa shape index (κ3) is 4.26. The number of benzene rings is 2. The molecule has 0 saturated carbocycles. The number of rotatable bonds is 6. The van der Waals surface area contributed by atoms with Crippen molar-refractivity contribution in [3.63, 3.8) is 0 Å². The quantitative estimate of drug-likeness (QED) is 0.689. The average Bonchev–Trinajstić information content (AvgIpc) is 2.56. The van der Waals surface area contributed by atoms with Gasteiger partial charge in [-0.1, -0.05) is 43.6 Å². The number of hydrogen-bond donors (Lipinski definition) is 1. The highest BCUT2D eigenvalue weighted by Crippen LogP contribution is 2.34. The van der Waals surface area contributed by atoms with Gasteiger partial charge >= 0.3 is 0 Å². The molecule has 3 nitrogen and oxygen atoms in total. The molecule has 2 aromatic rings. The van der Waals surface area contributed by atoms with E-state index >= 15 is 0 Å². The lowest BCUT2D eigenvalue weighted by Crippen LogP contribution is -1.95. The van der Waals surface area contributed by atoms with Crippen LogP contribution in [0.25, 0.3) is 0 Å². The Bertz CT molecular complexity index is 698. The molecule has 0 aliphatic carbocycles. The third-order valence-electron chi connectivity index (χ3n) is 3.79. The zero-order valence-electron chi connectivity index (χ0n) is 13.7. The summed E-state index contributed by atoms with van der Waals surface area (Å²) in [6.07, 6.45) is 2.67. The van der Waals surface area contributed by atoms with E-state index in [2.05, 4.69) is 24.9 Å². The van der Waals surface area contributed by atoms with E-state index in [1.165, 1.54) is 5.56 Å². The van der Waals surface area contributed by atoms with Gasteiger partial charge < -0.3 is 9.84 Å². The van der Waals surface area contributed by atoms with Gasteiger partial charge in [0.05, 0.1) is 12.3 Å². The highest BCUT2D eigenvalue weighted by atomic mass is 35.5. The Hall–Kier alpha value is -2.00. The summed E-state index contributed by atoms with van der Waals surface area (Å²) in [5, 5.41) is 10.8. The Balaban J connectivity index is 2.38. The van der Waals surface area contributed by atoms with Crippen LogP contribution in [0.3, 0.4) is 0 Å². The van der Waals surface area contributed by atoms with Gasteiger partial charge in [-0.25, -0.2) is 0 Å². The van der Waals surface area contributed by atoms with E-state index in [1.807, 2.05) is 25.1 Å². The summed E-state index contributed by atoms with van der Waals surface area (Å²) in [5.41, 5.74) is 2.64. The molecule has 0 aromatic heterocycles. The minimum atomic E-state index is 0.0565. The molecule has 0 aliphatic heterocycles. The number of aliphatic imine (C=N–C) groups is 1. The van der Waals surface area contributed by atoms with Crippen LogP contribution in [-0.2, 0) is 0 Å². The molecule has 1 N–H and O–H groups in total. The Labute approximate surface area is 142 Å². The monoisotopic (exact) mass is 331 g/mol. The van der Waals surface area contributed by atoms with Crippen molar-refractivity contribution in [2.24, 2.45) is 4.99 Å². The number of phenols is 1. The normalized spacial score (nSPS) is 12.5. The number of aromatic hydroxyl groups is 1. The van der Waals surface area contributed by atoms with Crippen molar-refractivity contribution >= 4 is 23.5 Å². The maximum atomic E-state index is 10.3. The second-order valence-corrected chi connectivity index (χ2v) is 5.84. The van der Waals surface area contributed by atoms with Crippen LogP contribution in [-0.4, -0.2) is 17.9 Å². The first-order valence-electron chi connectivity index (χ1n) is 7.85. The van der Waals surface area contributed by atoms with Crippen molar-refractivity contribution in [3.05, 3.63) is 52.5 Å². The number of phenolic OH excluding ortho intramolecular Hbond substituents is 1. The maximum absolute atomic E-state index is 10.3. The Morgan fingerprint density at radius 3 is 2.70 bits per heavy atom. The average molecular weight is 332 g/mol. The van der Waals surface area contributed by atoms with E-state index in [0.29, 0.717) is 28.9 Å². The smallest absolute Gasteiger partial charge is 0.166 e. The van der Waals surface area contributed by atoms with Gasteiger partial charge in [-0.15, -0.1) is 0 Å². The van der Waals surface area contributed by atoms with Gasteiger partial charge in [-0.3, -0.25) is 4.99 Å². The fourth-order valence-corrected chi connectivity index (χ4v) is 2.56. The number of ether oxygens (including phenoxy) is 1. The van der Waals surface area contributed by atoms with Crippen LogP contribution in [0, 0.1) is 0 Å². The molecule has 2 rings (SSSR count). The van der Waals surface area contributed by atoms with Crippen molar-refractivity contribution in [1.29, 1.82) is 0 Å². The van der Waals surface area contributed by atoms with Crippen molar-refractivity contribution in [2.45, 2.75) is 33.1 Å². The highest BCUT2D eigenvalue weighted by Gasteiger charge is 2.10. The molecular weight excluding hydrogens is 310 g/mol. The van der Waals surface area contributed by atoms with E-state index in [0.717, 1.165) is 12.1 Å². The molecule has 0 radical (unpaired) electrons. The third-order valence-corrected chi connectivity index (χ3v) is 4.01. The second kappa shape index (κ2) is 8.02. The van der Waals surface area contributed by atoms with Crippen molar-refractivity contribution in [2.75, 3.05) is 6.61 Å². The van der Waals surface area contributed by atoms with Gasteiger partial charge in [-0.2, -0.15) is 0 Å². The summed E-state index contributed by atoms with van der Waals surface area (Å²) < 4.78 is 5.39. The van der Waals surface area contributed by atoms with E-state index in [4.69, 9.17) is 16.3 Å². The zero-order valence-corrected chi connectivity index (χ0v) is 14.5. The lowest BCUT2D eigenvalue weighted by molar-refractivity contribution is 0.318. The molecule has 0 saturated heterocycles. The van der Waals surface area contributed by atoms with Crippen LogP contribution in [0.5, 0.6) is 11.5 Å². The molecule has 23 heavy (non-hydrogen) atoms. The Morgan fingerprint density at radius 2 is 2.00 bits per heavy atom. The van der Waals surface area contributed by atoms with Crippen LogP contribution in [0.15, 0.2) is 41.4 Å². The van der Waals surface area contributed by atoms with Crippen LogP contribution < -0.4 is 4.74 Å². The lowest BCUT2D eigenvalue weighted by Gasteiger charge is -2.12. The molecule has 122 valence electrons. The van der Waals surface area contributed by atoms with Gasteiger partial charge in [0, 0.05) is 22.9 Å². The van der Waals surface area contributed by atoms with Crippen molar-refractivity contribution < 1.29 is 9.84 Å². The number of nitrogens with zero attached hydrogens (tertiary/aromatic N) is 1. The first kappa shape index (κ1) is 17.4. The Kier molecular flexibility index (Phi) is 6.05. The summed E-state index contributed by atoms with van der Waals surface area (Å²) in [5.74, 6) is 0.855. The number of hydrogen-bond acceptors (Lipinski definition) is 3. The molecule has 2 aromatic carbocycles. The maximum Gasteiger partial charge on any atom is 0.166 e. The first-order valence-corrected chi connectivity index (χ1v) is 8.22. The molecule has 0 spiro atoms. The summed E-state index contributed by atoms with van der Waals surface area (Å²) >= 11 is 6.09. The van der Waals surface area contributed by atoms with E-state index in [-0.39, 0.29) is 5.75 Å². The van der Waals surface area contributed by atoms with E-state index in [9.17, 15) is 5.11 Å². The molecule has 0 heterocycles. The number of halogens is 1. The van der Waals surface area contributed by atoms with Gasteiger partial charge in [-0.05, 0) is 37.0 Å². The molecule has 0 aliphatic rings. The van der Waals surface area contributed by atoms with Gasteiger partial charge in [0.2, 0.25) is 0 Å². The number of para-hydroxylation sites is 1. The van der Waals surface area contributed by atoms with Crippen LogP contribution in [0.4, 0.5) is 5.69 Å². The minimum absolute atomic E-state index is 0.0565. The Morgan fingerprint density at radius 1 is 1.26 bits per heavy atom. The van der Waals surface area contributed by atoms with Crippen LogP contribution >= 0.6 is 11.6 Å². The van der Waals surface area contributed by atoms with E-state index in [1.54, 1.807) is 18.3 Å². The topological polar surface area (TPSA) is 41.8 Å². The fourth-order valence-electron chi connectivity index (χ4n) is 2.34. The fraction of sp³-hybridized carbons (Fsp3) is 0.316. The molecule has 1 atom stereocenters. The predicted octanol–water partition coefficient (Wildman–Crippen LogP) is 5.71. The van der Waals surface area contributed by atoms with Crippen molar-refractivity contribution in [3.8, 4) is 11.5 Å². The summed E-state index contributed by atoms with van der Waals surface area (Å²) in [6.45, 7) is 6.65. The first-order chi connectivity index (χ1) is 11.1. The van der Waals surface area contributed by atoms with Crippen LogP contribution in [0.2, 0.25) is 5.02 Å². The van der Waals surface area contributed by atoms with Gasteiger partial charge in [0.1, 0.15) is 0 Å². The SMILES string of the molecule is CCOc1cc(Cl)cc(C=Nc2ccccc2[C@H](C)CC)c1O. The molecule has 0 unspecified atom stereocenters. The molecule has 0 bridgehead atoms. The predicted molar refractivity (Wildman–Crippen MR) is 96.7 cm³/mol. The van der Waals surface area contributed by atoms with Gasteiger partial charge in [0.15, 0.2) is 11.5 Å². The lowest BCUT2D eigenvalue weighted by atomic mass is 9.97. The largest absolute Gasteiger partial charge is 0.504 e. The molecule has 0 fully saturated rings. The summed E-state index contributed by atoms with van der Waals surface area (Å²) in [7, 11) is 0. The zero-order chi connectivity index (χ0) is 16.8. The standard InChI is InChI=1S/C19H22ClNO2/c1-4-13(3)16-8-6-7-9-17(16)21-12-14-10-15(20)11-18(19(14)22)23-5-2/h6-13,22H,4-5H2,1-3H3/t13-/m1/s1. The minimum Gasteiger partial charge on any atom is -0.504 e. The van der Waals surface area contributed by atoms with Crippen molar-refractivity contribution in [1.82, 2.24) is 0 Å². The van der Waals surface area contributed by atoms with E-state index < -0.39 is 0 Å². The molecular formula is C19H22ClNO2.